The van der Waals surface area contributed by atoms with Crippen molar-refractivity contribution in [3.8, 4) is 0 Å². The van der Waals surface area contributed by atoms with Gasteiger partial charge in [0.25, 0.3) is 0 Å². The summed E-state index contributed by atoms with van der Waals surface area (Å²) in [5.74, 6) is -0.396. The summed E-state index contributed by atoms with van der Waals surface area (Å²) >= 11 is 0. The van der Waals surface area contributed by atoms with Crippen LogP contribution in [0.4, 0.5) is 0 Å². The Morgan fingerprint density at radius 2 is 1.89 bits per heavy atom. The summed E-state index contributed by atoms with van der Waals surface area (Å²) in [6.45, 7) is 2.00. The van der Waals surface area contributed by atoms with E-state index in [1.165, 1.54) is 7.11 Å². The minimum absolute atomic E-state index is 0.396. The first-order chi connectivity index (χ1) is 9.19. The molecule has 0 aliphatic rings. The van der Waals surface area contributed by atoms with Crippen LogP contribution in [0.3, 0.4) is 0 Å². The van der Waals surface area contributed by atoms with Crippen LogP contribution in [0.15, 0.2) is 36.4 Å². The van der Waals surface area contributed by atoms with E-state index in [1.54, 1.807) is 12.1 Å². The Balaban J connectivity index is 2.39. The Kier molecular flexibility index (Phi) is 2.63. The van der Waals surface area contributed by atoms with Crippen molar-refractivity contribution in [3.63, 3.8) is 0 Å². The SMILES string of the molecule is COC(=O)c1cccc2nc3ccc(C)cc3nc12. The van der Waals surface area contributed by atoms with E-state index in [0.717, 1.165) is 16.6 Å². The summed E-state index contributed by atoms with van der Waals surface area (Å²) < 4.78 is 4.77. The lowest BCUT2D eigenvalue weighted by atomic mass is 10.1. The quantitative estimate of drug-likeness (QED) is 0.493. The molecule has 0 aliphatic carbocycles. The summed E-state index contributed by atoms with van der Waals surface area (Å²) in [6.07, 6.45) is 0. The number of aryl methyl sites for hydroxylation is 1. The van der Waals surface area contributed by atoms with Crippen molar-refractivity contribution < 1.29 is 9.53 Å². The van der Waals surface area contributed by atoms with Gasteiger partial charge >= 0.3 is 5.97 Å². The molecule has 94 valence electrons. The monoisotopic (exact) mass is 252 g/mol. The molecule has 0 spiro atoms. The standard InChI is InChI=1S/C15H12N2O2/c1-9-6-7-11-13(8-9)17-14-10(15(18)19-2)4-3-5-12(14)16-11/h3-8H,1-2H3. The topological polar surface area (TPSA) is 52.1 Å². The smallest absolute Gasteiger partial charge is 0.340 e. The Bertz CT molecular complexity index is 797. The highest BCUT2D eigenvalue weighted by molar-refractivity contribution is 6.03. The third kappa shape index (κ3) is 1.91. The van der Waals surface area contributed by atoms with Crippen molar-refractivity contribution in [2.75, 3.05) is 7.11 Å². The van der Waals surface area contributed by atoms with Crippen LogP contribution < -0.4 is 0 Å². The molecule has 0 amide bonds. The number of rotatable bonds is 1. The highest BCUT2D eigenvalue weighted by Crippen LogP contribution is 2.20. The van der Waals surface area contributed by atoms with Gasteiger partial charge in [0.2, 0.25) is 0 Å². The van der Waals surface area contributed by atoms with Crippen LogP contribution in [-0.2, 0) is 4.74 Å². The highest BCUT2D eigenvalue weighted by atomic mass is 16.5. The Hall–Kier alpha value is -2.49. The molecular formula is C15H12N2O2. The molecule has 3 aromatic rings. The molecule has 1 aromatic heterocycles. The van der Waals surface area contributed by atoms with Crippen LogP contribution in [0.2, 0.25) is 0 Å². The molecule has 0 aliphatic heterocycles. The fraction of sp³-hybridized carbons (Fsp3) is 0.133. The normalized spacial score (nSPS) is 10.8. The van der Waals surface area contributed by atoms with Gasteiger partial charge in [0.15, 0.2) is 0 Å². The molecule has 0 N–H and O–H groups in total. The van der Waals surface area contributed by atoms with Gasteiger partial charge in [0.05, 0.1) is 29.2 Å². The van der Waals surface area contributed by atoms with Crippen LogP contribution in [-0.4, -0.2) is 23.0 Å². The zero-order chi connectivity index (χ0) is 13.4. The van der Waals surface area contributed by atoms with Gasteiger partial charge in [-0.05, 0) is 36.8 Å². The first-order valence-corrected chi connectivity index (χ1v) is 5.94. The van der Waals surface area contributed by atoms with E-state index in [-0.39, 0.29) is 0 Å². The van der Waals surface area contributed by atoms with Crippen LogP contribution in [0.1, 0.15) is 15.9 Å². The lowest BCUT2D eigenvalue weighted by Gasteiger charge is -2.05. The summed E-state index contributed by atoms with van der Waals surface area (Å²) in [7, 11) is 1.36. The second-order valence-electron chi connectivity index (χ2n) is 4.38. The van der Waals surface area contributed by atoms with Gasteiger partial charge < -0.3 is 4.74 Å². The number of aromatic nitrogens is 2. The number of methoxy groups -OCH3 is 1. The molecule has 0 fully saturated rings. The number of esters is 1. The number of fused-ring (bicyclic) bond motifs is 2. The van der Waals surface area contributed by atoms with E-state index >= 15 is 0 Å². The first-order valence-electron chi connectivity index (χ1n) is 5.94. The average Bonchev–Trinajstić information content (AvgIpc) is 2.43. The molecule has 0 saturated carbocycles. The highest BCUT2D eigenvalue weighted by Gasteiger charge is 2.12. The van der Waals surface area contributed by atoms with Crippen LogP contribution in [0.25, 0.3) is 22.1 Å². The minimum atomic E-state index is -0.396. The van der Waals surface area contributed by atoms with Gasteiger partial charge in [0, 0.05) is 0 Å². The lowest BCUT2D eigenvalue weighted by Crippen LogP contribution is -2.03. The third-order valence-electron chi connectivity index (χ3n) is 3.02. The number of para-hydroxylation sites is 1. The molecule has 19 heavy (non-hydrogen) atoms. The molecule has 0 saturated heterocycles. The van der Waals surface area contributed by atoms with E-state index < -0.39 is 5.97 Å². The summed E-state index contributed by atoms with van der Waals surface area (Å²) in [5.41, 5.74) is 4.42. The van der Waals surface area contributed by atoms with E-state index in [2.05, 4.69) is 9.97 Å². The third-order valence-corrected chi connectivity index (χ3v) is 3.02. The largest absolute Gasteiger partial charge is 0.465 e. The van der Waals surface area contributed by atoms with Crippen LogP contribution >= 0.6 is 0 Å². The number of hydrogen-bond acceptors (Lipinski definition) is 4. The van der Waals surface area contributed by atoms with Gasteiger partial charge in [0.1, 0.15) is 5.52 Å². The molecule has 0 atom stereocenters. The second kappa shape index (κ2) is 4.31. The molecular weight excluding hydrogens is 240 g/mol. The van der Waals surface area contributed by atoms with E-state index in [0.29, 0.717) is 16.6 Å². The number of carbonyl (C=O) groups excluding carboxylic acids is 1. The minimum Gasteiger partial charge on any atom is -0.465 e. The number of benzene rings is 2. The zero-order valence-electron chi connectivity index (χ0n) is 10.7. The van der Waals surface area contributed by atoms with Crippen molar-refractivity contribution in [1.29, 1.82) is 0 Å². The van der Waals surface area contributed by atoms with Crippen LogP contribution in [0, 0.1) is 6.92 Å². The Morgan fingerprint density at radius 1 is 1.05 bits per heavy atom. The molecule has 0 unspecified atom stereocenters. The maximum atomic E-state index is 11.7. The van der Waals surface area contributed by atoms with Crippen LogP contribution in [0.5, 0.6) is 0 Å². The molecule has 2 aromatic carbocycles. The van der Waals surface area contributed by atoms with Crippen molar-refractivity contribution in [2.45, 2.75) is 6.92 Å². The van der Waals surface area contributed by atoms with Gasteiger partial charge in [-0.25, -0.2) is 14.8 Å². The van der Waals surface area contributed by atoms with E-state index in [1.807, 2.05) is 31.2 Å². The lowest BCUT2D eigenvalue weighted by molar-refractivity contribution is 0.0603. The maximum Gasteiger partial charge on any atom is 0.340 e. The fourth-order valence-electron chi connectivity index (χ4n) is 2.08. The fourth-order valence-corrected chi connectivity index (χ4v) is 2.08. The van der Waals surface area contributed by atoms with Gasteiger partial charge in [-0.15, -0.1) is 0 Å². The molecule has 1 heterocycles. The Labute approximate surface area is 110 Å². The number of nitrogens with zero attached hydrogens (tertiary/aromatic N) is 2. The molecule has 0 radical (unpaired) electrons. The Morgan fingerprint density at radius 3 is 2.68 bits per heavy atom. The van der Waals surface area contributed by atoms with Crippen molar-refractivity contribution in [3.05, 3.63) is 47.5 Å². The van der Waals surface area contributed by atoms with Gasteiger partial charge in [-0.1, -0.05) is 12.1 Å². The summed E-state index contributed by atoms with van der Waals surface area (Å²) in [6, 6.07) is 11.2. The van der Waals surface area contributed by atoms with E-state index in [4.69, 9.17) is 4.74 Å². The molecule has 4 nitrogen and oxygen atoms in total. The number of carbonyl (C=O) groups is 1. The zero-order valence-corrected chi connectivity index (χ0v) is 10.7. The molecule has 4 heteroatoms. The number of hydrogen-bond donors (Lipinski definition) is 0. The maximum absolute atomic E-state index is 11.7. The van der Waals surface area contributed by atoms with Gasteiger partial charge in [-0.3, -0.25) is 0 Å². The van der Waals surface area contributed by atoms with Gasteiger partial charge in [-0.2, -0.15) is 0 Å². The molecule has 0 bridgehead atoms. The van der Waals surface area contributed by atoms with E-state index in [9.17, 15) is 4.79 Å². The van der Waals surface area contributed by atoms with Crippen molar-refractivity contribution in [1.82, 2.24) is 9.97 Å². The summed E-state index contributed by atoms with van der Waals surface area (Å²) in [4.78, 5) is 20.8. The molecule has 3 rings (SSSR count). The predicted molar refractivity (Wildman–Crippen MR) is 73.1 cm³/mol. The summed E-state index contributed by atoms with van der Waals surface area (Å²) in [5, 5.41) is 0. The predicted octanol–water partition coefficient (Wildman–Crippen LogP) is 2.88. The number of ether oxygens (including phenoxy) is 1. The first kappa shape index (κ1) is 11.6. The van der Waals surface area contributed by atoms with Crippen molar-refractivity contribution >= 4 is 28.0 Å². The van der Waals surface area contributed by atoms with Crippen molar-refractivity contribution in [2.24, 2.45) is 0 Å². The average molecular weight is 252 g/mol. The second-order valence-corrected chi connectivity index (χ2v) is 4.38.